The fourth-order valence-electron chi connectivity index (χ4n) is 3.72. The monoisotopic (exact) mass is 381 g/mol. The first-order valence-electron chi connectivity index (χ1n) is 9.33. The maximum absolute atomic E-state index is 12.6. The zero-order valence-electron chi connectivity index (χ0n) is 15.9. The standard InChI is InChI=1S/C20H31N3O2.ClH/c1-3-23(16(2)24)14-17-9-5-6-10-18(17)22-19(25)13-20(15-21)11-7-4-8-12-20;/h5-6,9-10H,3-4,7-8,11-15,21H2,1-2H3,(H,22,25);1H. The SMILES string of the molecule is CCN(Cc1ccccc1NC(=O)CC1(CN)CCCCC1)C(C)=O.Cl. The van der Waals surface area contributed by atoms with Gasteiger partial charge in [0.1, 0.15) is 0 Å². The molecule has 0 heterocycles. The number of hydrogen-bond acceptors (Lipinski definition) is 3. The molecule has 26 heavy (non-hydrogen) atoms. The van der Waals surface area contributed by atoms with E-state index in [1.165, 1.54) is 6.42 Å². The Morgan fingerprint density at radius 3 is 2.42 bits per heavy atom. The van der Waals surface area contributed by atoms with Crippen LogP contribution < -0.4 is 11.1 Å². The van der Waals surface area contributed by atoms with Crippen LogP contribution in [0.15, 0.2) is 24.3 Å². The zero-order valence-corrected chi connectivity index (χ0v) is 16.7. The van der Waals surface area contributed by atoms with Gasteiger partial charge < -0.3 is 16.0 Å². The number of halogens is 1. The molecule has 0 atom stereocenters. The van der Waals surface area contributed by atoms with E-state index in [4.69, 9.17) is 5.73 Å². The van der Waals surface area contributed by atoms with Crippen LogP contribution in [0.2, 0.25) is 0 Å². The van der Waals surface area contributed by atoms with E-state index in [0.717, 1.165) is 36.9 Å². The van der Waals surface area contributed by atoms with Crippen LogP contribution >= 0.6 is 12.4 Å². The van der Waals surface area contributed by atoms with Gasteiger partial charge in [-0.2, -0.15) is 0 Å². The molecule has 0 aromatic heterocycles. The molecule has 6 heteroatoms. The number of rotatable bonds is 7. The van der Waals surface area contributed by atoms with Crippen molar-refractivity contribution in [3.05, 3.63) is 29.8 Å². The van der Waals surface area contributed by atoms with Gasteiger partial charge in [-0.05, 0) is 43.4 Å². The van der Waals surface area contributed by atoms with Crippen molar-refractivity contribution in [2.45, 2.75) is 58.9 Å². The fraction of sp³-hybridized carbons (Fsp3) is 0.600. The van der Waals surface area contributed by atoms with E-state index in [1.807, 2.05) is 31.2 Å². The van der Waals surface area contributed by atoms with Gasteiger partial charge in [-0.1, -0.05) is 37.5 Å². The minimum atomic E-state index is -0.0495. The summed E-state index contributed by atoms with van der Waals surface area (Å²) in [5, 5.41) is 3.05. The summed E-state index contributed by atoms with van der Waals surface area (Å²) in [5.41, 5.74) is 7.70. The molecule has 3 N–H and O–H groups in total. The van der Waals surface area contributed by atoms with E-state index in [9.17, 15) is 9.59 Å². The summed E-state index contributed by atoms with van der Waals surface area (Å²) < 4.78 is 0. The predicted octanol–water partition coefficient (Wildman–Crippen LogP) is 3.71. The lowest BCUT2D eigenvalue weighted by Gasteiger charge is -2.35. The highest BCUT2D eigenvalue weighted by atomic mass is 35.5. The molecule has 0 aliphatic heterocycles. The maximum atomic E-state index is 12.6. The van der Waals surface area contributed by atoms with Gasteiger partial charge in [-0.25, -0.2) is 0 Å². The lowest BCUT2D eigenvalue weighted by molar-refractivity contribution is -0.129. The first-order valence-corrected chi connectivity index (χ1v) is 9.33. The van der Waals surface area contributed by atoms with Crippen LogP contribution in [0.1, 0.15) is 57.9 Å². The number of para-hydroxylation sites is 1. The van der Waals surface area contributed by atoms with Crippen molar-refractivity contribution in [3.8, 4) is 0 Å². The Bertz CT molecular complexity index is 600. The Hall–Kier alpha value is -1.59. The number of hydrogen-bond donors (Lipinski definition) is 2. The summed E-state index contributed by atoms with van der Waals surface area (Å²) >= 11 is 0. The number of nitrogens with one attached hydrogen (secondary N) is 1. The lowest BCUT2D eigenvalue weighted by atomic mass is 9.71. The highest BCUT2D eigenvalue weighted by Gasteiger charge is 2.33. The van der Waals surface area contributed by atoms with Gasteiger partial charge >= 0.3 is 0 Å². The van der Waals surface area contributed by atoms with E-state index in [2.05, 4.69) is 5.32 Å². The second-order valence-electron chi connectivity index (χ2n) is 7.18. The summed E-state index contributed by atoms with van der Waals surface area (Å²) in [5.74, 6) is 0.0543. The summed E-state index contributed by atoms with van der Waals surface area (Å²) in [6.07, 6.45) is 6.10. The fourth-order valence-corrected chi connectivity index (χ4v) is 3.72. The number of nitrogens with two attached hydrogens (primary N) is 1. The molecule has 1 aliphatic carbocycles. The molecule has 5 nitrogen and oxygen atoms in total. The van der Waals surface area contributed by atoms with Crippen LogP contribution in [0.5, 0.6) is 0 Å². The molecule has 2 rings (SSSR count). The van der Waals surface area contributed by atoms with Crippen LogP contribution in [0, 0.1) is 5.41 Å². The van der Waals surface area contributed by atoms with E-state index < -0.39 is 0 Å². The van der Waals surface area contributed by atoms with Crippen molar-refractivity contribution >= 4 is 29.9 Å². The molecular formula is C20H32ClN3O2. The first-order chi connectivity index (χ1) is 12.0. The van der Waals surface area contributed by atoms with Gasteiger partial charge in [0.15, 0.2) is 0 Å². The molecule has 1 saturated carbocycles. The zero-order chi connectivity index (χ0) is 18.3. The number of carbonyl (C=O) groups is 2. The highest BCUT2D eigenvalue weighted by Crippen LogP contribution is 2.38. The highest BCUT2D eigenvalue weighted by molar-refractivity contribution is 5.92. The predicted molar refractivity (Wildman–Crippen MR) is 108 cm³/mol. The van der Waals surface area contributed by atoms with E-state index in [1.54, 1.807) is 11.8 Å². The Kier molecular flexibility index (Phi) is 9.09. The summed E-state index contributed by atoms with van der Waals surface area (Å²) in [6, 6.07) is 7.70. The topological polar surface area (TPSA) is 75.4 Å². The average molecular weight is 382 g/mol. The normalized spacial score (nSPS) is 15.7. The Morgan fingerprint density at radius 2 is 1.85 bits per heavy atom. The van der Waals surface area contributed by atoms with E-state index in [-0.39, 0.29) is 29.6 Å². The lowest BCUT2D eigenvalue weighted by Crippen LogP contribution is -2.36. The number of amides is 2. The molecule has 1 aromatic rings. The summed E-state index contributed by atoms with van der Waals surface area (Å²) in [4.78, 5) is 26.1. The van der Waals surface area contributed by atoms with Crippen molar-refractivity contribution < 1.29 is 9.59 Å². The van der Waals surface area contributed by atoms with E-state index >= 15 is 0 Å². The van der Waals surface area contributed by atoms with Crippen LogP contribution in [0.4, 0.5) is 5.69 Å². The third kappa shape index (κ3) is 5.99. The Balaban J connectivity index is 0.00000338. The van der Waals surface area contributed by atoms with Crippen molar-refractivity contribution in [3.63, 3.8) is 0 Å². The second kappa shape index (κ2) is 10.5. The van der Waals surface area contributed by atoms with Crippen molar-refractivity contribution in [1.29, 1.82) is 0 Å². The third-order valence-corrected chi connectivity index (χ3v) is 5.36. The van der Waals surface area contributed by atoms with Crippen LogP contribution in [0.25, 0.3) is 0 Å². The van der Waals surface area contributed by atoms with Crippen molar-refractivity contribution in [2.24, 2.45) is 11.1 Å². The number of nitrogens with zero attached hydrogens (tertiary/aromatic N) is 1. The minimum Gasteiger partial charge on any atom is -0.339 e. The smallest absolute Gasteiger partial charge is 0.224 e. The quantitative estimate of drug-likeness (QED) is 0.755. The summed E-state index contributed by atoms with van der Waals surface area (Å²) in [7, 11) is 0. The molecule has 1 fully saturated rings. The average Bonchev–Trinajstić information content (AvgIpc) is 2.61. The summed E-state index contributed by atoms with van der Waals surface area (Å²) in [6.45, 7) is 5.24. The van der Waals surface area contributed by atoms with E-state index in [0.29, 0.717) is 26.1 Å². The molecule has 0 radical (unpaired) electrons. The molecule has 2 amide bonds. The molecule has 146 valence electrons. The molecule has 1 aliphatic rings. The van der Waals surface area contributed by atoms with Gasteiger partial charge in [0, 0.05) is 32.1 Å². The Morgan fingerprint density at radius 1 is 1.19 bits per heavy atom. The van der Waals surface area contributed by atoms with Gasteiger partial charge in [-0.15, -0.1) is 12.4 Å². The molecule has 0 spiro atoms. The molecule has 0 unspecified atom stereocenters. The number of anilines is 1. The largest absolute Gasteiger partial charge is 0.339 e. The van der Waals surface area contributed by atoms with Crippen molar-refractivity contribution in [1.82, 2.24) is 4.90 Å². The number of benzene rings is 1. The molecule has 0 saturated heterocycles. The maximum Gasteiger partial charge on any atom is 0.224 e. The molecule has 1 aromatic carbocycles. The van der Waals surface area contributed by atoms with Crippen molar-refractivity contribution in [2.75, 3.05) is 18.4 Å². The van der Waals surface area contributed by atoms with Gasteiger partial charge in [0.05, 0.1) is 0 Å². The van der Waals surface area contributed by atoms with Crippen LogP contribution in [0.3, 0.4) is 0 Å². The van der Waals surface area contributed by atoms with Crippen LogP contribution in [-0.4, -0.2) is 29.8 Å². The van der Waals surface area contributed by atoms with Gasteiger partial charge in [0.25, 0.3) is 0 Å². The Labute approximate surface area is 163 Å². The third-order valence-electron chi connectivity index (χ3n) is 5.36. The number of carbonyl (C=O) groups excluding carboxylic acids is 2. The second-order valence-corrected chi connectivity index (χ2v) is 7.18. The van der Waals surface area contributed by atoms with Gasteiger partial charge in [-0.3, -0.25) is 9.59 Å². The molecule has 0 bridgehead atoms. The minimum absolute atomic E-state index is 0. The van der Waals surface area contributed by atoms with Crippen LogP contribution in [-0.2, 0) is 16.1 Å². The molecular weight excluding hydrogens is 350 g/mol. The first kappa shape index (κ1) is 22.5. The van der Waals surface area contributed by atoms with Gasteiger partial charge in [0.2, 0.25) is 11.8 Å².